The molecule has 2 aromatic rings. The van der Waals surface area contributed by atoms with E-state index in [2.05, 4.69) is 6.92 Å². The van der Waals surface area contributed by atoms with Gasteiger partial charge in [0, 0.05) is 5.92 Å². The SMILES string of the molecule is Cc1ccc(S(=O)(=O)CCC[C@H](OC(C)(C)C)[C@H](C)COCc2ccccc2)cc1. The number of hydrogen-bond acceptors (Lipinski definition) is 4. The molecule has 0 unspecified atom stereocenters. The normalized spacial score (nSPS) is 14.4. The molecule has 4 nitrogen and oxygen atoms in total. The van der Waals surface area contributed by atoms with Gasteiger partial charge in [-0.3, -0.25) is 0 Å². The van der Waals surface area contributed by atoms with E-state index in [9.17, 15) is 8.42 Å². The maximum Gasteiger partial charge on any atom is 0.178 e. The van der Waals surface area contributed by atoms with Crippen LogP contribution in [0.5, 0.6) is 0 Å². The smallest absolute Gasteiger partial charge is 0.178 e. The first kappa shape index (κ1) is 24.6. The average molecular weight is 433 g/mol. The molecule has 0 aromatic heterocycles. The third-order valence-corrected chi connectivity index (χ3v) is 6.73. The van der Waals surface area contributed by atoms with E-state index in [4.69, 9.17) is 9.47 Å². The van der Waals surface area contributed by atoms with Crippen molar-refractivity contribution < 1.29 is 17.9 Å². The number of aryl methyl sites for hydroxylation is 1. The summed E-state index contributed by atoms with van der Waals surface area (Å²) in [4.78, 5) is 0.389. The van der Waals surface area contributed by atoms with E-state index in [0.717, 1.165) is 11.1 Å². The van der Waals surface area contributed by atoms with Gasteiger partial charge in [-0.2, -0.15) is 0 Å². The molecule has 0 fully saturated rings. The Labute approximate surface area is 182 Å². The molecule has 2 aromatic carbocycles. The molecule has 5 heteroatoms. The van der Waals surface area contributed by atoms with Crippen LogP contribution < -0.4 is 0 Å². The Morgan fingerprint density at radius 3 is 2.20 bits per heavy atom. The van der Waals surface area contributed by atoms with Gasteiger partial charge in [0.1, 0.15) is 0 Å². The highest BCUT2D eigenvalue weighted by Crippen LogP contribution is 2.23. The van der Waals surface area contributed by atoms with Crippen molar-refractivity contribution in [3.63, 3.8) is 0 Å². The predicted molar refractivity (Wildman–Crippen MR) is 122 cm³/mol. The predicted octanol–water partition coefficient (Wildman–Crippen LogP) is 5.59. The minimum absolute atomic E-state index is 0.0611. The summed E-state index contributed by atoms with van der Waals surface area (Å²) in [6.07, 6.45) is 1.17. The van der Waals surface area contributed by atoms with Crippen molar-refractivity contribution in [3.8, 4) is 0 Å². The second-order valence-corrected chi connectivity index (χ2v) is 11.1. The monoisotopic (exact) mass is 432 g/mol. The third kappa shape index (κ3) is 8.58. The van der Waals surface area contributed by atoms with Crippen molar-refractivity contribution in [2.45, 2.75) is 70.7 Å². The van der Waals surface area contributed by atoms with Crippen molar-refractivity contribution in [3.05, 3.63) is 65.7 Å². The second kappa shape index (κ2) is 11.1. The molecule has 166 valence electrons. The zero-order valence-corrected chi connectivity index (χ0v) is 19.7. The molecule has 0 spiro atoms. The Kier molecular flexibility index (Phi) is 9.08. The number of ether oxygens (including phenoxy) is 2. The van der Waals surface area contributed by atoms with Crippen molar-refractivity contribution >= 4 is 9.84 Å². The lowest BCUT2D eigenvalue weighted by Crippen LogP contribution is -2.34. The van der Waals surface area contributed by atoms with E-state index < -0.39 is 9.84 Å². The molecule has 0 radical (unpaired) electrons. The number of rotatable bonds is 11. The van der Waals surface area contributed by atoms with Gasteiger partial charge < -0.3 is 9.47 Å². The van der Waals surface area contributed by atoms with E-state index in [1.807, 2.05) is 70.2 Å². The molecule has 0 aliphatic rings. The molecule has 2 rings (SSSR count). The molecule has 0 aliphatic carbocycles. The summed E-state index contributed by atoms with van der Waals surface area (Å²) < 4.78 is 37.5. The minimum atomic E-state index is -3.28. The number of sulfone groups is 1. The Morgan fingerprint density at radius 1 is 0.967 bits per heavy atom. The van der Waals surface area contributed by atoms with Crippen LogP contribution in [0.4, 0.5) is 0 Å². The van der Waals surface area contributed by atoms with E-state index in [1.165, 1.54) is 0 Å². The van der Waals surface area contributed by atoms with E-state index in [-0.39, 0.29) is 23.4 Å². The van der Waals surface area contributed by atoms with Gasteiger partial charge in [0.05, 0.1) is 35.6 Å². The van der Waals surface area contributed by atoms with E-state index >= 15 is 0 Å². The summed E-state index contributed by atoms with van der Waals surface area (Å²) in [5, 5.41) is 0. The highest BCUT2D eigenvalue weighted by molar-refractivity contribution is 7.91. The second-order valence-electron chi connectivity index (χ2n) is 9.02. The molecule has 0 saturated heterocycles. The fourth-order valence-electron chi connectivity index (χ4n) is 3.30. The van der Waals surface area contributed by atoms with Crippen LogP contribution in [0.1, 0.15) is 51.7 Å². The minimum Gasteiger partial charge on any atom is -0.376 e. The van der Waals surface area contributed by atoms with Gasteiger partial charge in [-0.25, -0.2) is 8.42 Å². The lowest BCUT2D eigenvalue weighted by molar-refractivity contribution is -0.0990. The molecular weight excluding hydrogens is 396 g/mol. The van der Waals surface area contributed by atoms with Gasteiger partial charge >= 0.3 is 0 Å². The van der Waals surface area contributed by atoms with Crippen LogP contribution in [0.3, 0.4) is 0 Å². The first-order chi connectivity index (χ1) is 14.1. The number of hydrogen-bond donors (Lipinski definition) is 0. The molecule has 0 saturated carbocycles. The maximum atomic E-state index is 12.6. The third-order valence-electron chi connectivity index (χ3n) is 4.91. The fraction of sp³-hybridized carbons (Fsp3) is 0.520. The van der Waals surface area contributed by atoms with Crippen molar-refractivity contribution in [2.24, 2.45) is 5.92 Å². The van der Waals surface area contributed by atoms with Crippen LogP contribution in [0.25, 0.3) is 0 Å². The largest absolute Gasteiger partial charge is 0.376 e. The van der Waals surface area contributed by atoms with Crippen LogP contribution in [0.2, 0.25) is 0 Å². The summed E-state index contributed by atoms with van der Waals surface area (Å²) in [5.74, 6) is 0.285. The summed E-state index contributed by atoms with van der Waals surface area (Å²) in [6.45, 7) is 11.3. The van der Waals surface area contributed by atoms with Gasteiger partial charge in [-0.15, -0.1) is 0 Å². The maximum absolute atomic E-state index is 12.6. The summed E-state index contributed by atoms with van der Waals surface area (Å²) in [6, 6.07) is 17.1. The van der Waals surface area contributed by atoms with Gasteiger partial charge in [0.25, 0.3) is 0 Å². The highest BCUT2D eigenvalue weighted by atomic mass is 32.2. The Hall–Kier alpha value is -1.69. The molecular formula is C25H36O4S. The lowest BCUT2D eigenvalue weighted by Gasteiger charge is -2.31. The first-order valence-corrected chi connectivity index (χ1v) is 12.3. The van der Waals surface area contributed by atoms with Crippen molar-refractivity contribution in [1.82, 2.24) is 0 Å². The standard InChI is InChI=1S/C25H36O4S/c1-20-13-15-23(16-14-20)30(26,27)17-9-12-24(29-25(3,4)5)21(2)18-28-19-22-10-7-6-8-11-22/h6-8,10-11,13-16,21,24H,9,12,17-19H2,1-5H3/t21-,24+/m1/s1. The van der Waals surface area contributed by atoms with Gasteiger partial charge in [-0.05, 0) is 58.2 Å². The number of benzene rings is 2. The molecule has 30 heavy (non-hydrogen) atoms. The molecule has 0 aliphatic heterocycles. The topological polar surface area (TPSA) is 52.6 Å². The molecule has 2 atom stereocenters. The molecule has 0 bridgehead atoms. The lowest BCUT2D eigenvalue weighted by atomic mass is 10.00. The summed E-state index contributed by atoms with van der Waals surface area (Å²) in [7, 11) is -3.28. The van der Waals surface area contributed by atoms with Crippen LogP contribution in [-0.2, 0) is 25.9 Å². The van der Waals surface area contributed by atoms with E-state index in [0.29, 0.717) is 31.0 Å². The van der Waals surface area contributed by atoms with Gasteiger partial charge in [0.15, 0.2) is 9.84 Å². The molecule has 0 amide bonds. The fourth-order valence-corrected chi connectivity index (χ4v) is 4.63. The van der Waals surface area contributed by atoms with Crippen LogP contribution in [-0.4, -0.2) is 32.5 Å². The van der Waals surface area contributed by atoms with Crippen LogP contribution in [0.15, 0.2) is 59.5 Å². The first-order valence-electron chi connectivity index (χ1n) is 10.7. The van der Waals surface area contributed by atoms with Gasteiger partial charge in [0.2, 0.25) is 0 Å². The van der Waals surface area contributed by atoms with E-state index in [1.54, 1.807) is 12.1 Å². The Morgan fingerprint density at radius 2 is 1.60 bits per heavy atom. The Balaban J connectivity index is 1.91. The average Bonchev–Trinajstić information content (AvgIpc) is 2.67. The summed E-state index contributed by atoms with van der Waals surface area (Å²) in [5.41, 5.74) is 1.90. The van der Waals surface area contributed by atoms with Gasteiger partial charge in [-0.1, -0.05) is 55.0 Å². The Bertz CT molecular complexity index is 852. The molecule has 0 heterocycles. The van der Waals surface area contributed by atoms with Crippen LogP contribution in [0, 0.1) is 12.8 Å². The quantitative estimate of drug-likeness (QED) is 0.465. The zero-order valence-electron chi connectivity index (χ0n) is 18.9. The summed E-state index contributed by atoms with van der Waals surface area (Å²) >= 11 is 0. The van der Waals surface area contributed by atoms with Crippen molar-refractivity contribution in [1.29, 1.82) is 0 Å². The zero-order chi connectivity index (χ0) is 22.2. The van der Waals surface area contributed by atoms with Crippen molar-refractivity contribution in [2.75, 3.05) is 12.4 Å². The highest BCUT2D eigenvalue weighted by Gasteiger charge is 2.25. The van der Waals surface area contributed by atoms with Crippen LogP contribution >= 0.6 is 0 Å². The molecule has 0 N–H and O–H groups in total.